The number of aryl methyl sites for hydroxylation is 1. The second-order valence-electron chi connectivity index (χ2n) is 4.72. The summed E-state index contributed by atoms with van der Waals surface area (Å²) in [5.74, 6) is 1.35. The number of benzene rings is 1. The Hall–Kier alpha value is -0.730. The number of hydrogen-bond donors (Lipinski definition) is 1. The zero-order valence-corrected chi connectivity index (χ0v) is 10.6. The number of aliphatic hydroxyl groups is 1. The highest BCUT2D eigenvalue weighted by molar-refractivity contribution is 6.30. The third kappa shape index (κ3) is 1.61. The van der Waals surface area contributed by atoms with Crippen molar-refractivity contribution in [3.8, 4) is 5.75 Å². The van der Waals surface area contributed by atoms with E-state index in [4.69, 9.17) is 16.3 Å². The van der Waals surface area contributed by atoms with Crippen LogP contribution in [0, 0.1) is 12.8 Å². The average molecular weight is 241 g/mol. The topological polar surface area (TPSA) is 29.5 Å². The Labute approximate surface area is 101 Å². The van der Waals surface area contributed by atoms with Gasteiger partial charge in [0.25, 0.3) is 0 Å². The van der Waals surface area contributed by atoms with Gasteiger partial charge in [0.05, 0.1) is 13.7 Å². The Morgan fingerprint density at radius 3 is 2.62 bits per heavy atom. The largest absolute Gasteiger partial charge is 0.496 e. The highest BCUT2D eigenvalue weighted by atomic mass is 35.5. The van der Waals surface area contributed by atoms with Crippen molar-refractivity contribution in [2.45, 2.75) is 25.7 Å². The van der Waals surface area contributed by atoms with Crippen molar-refractivity contribution < 1.29 is 9.84 Å². The molecule has 3 heteroatoms. The summed E-state index contributed by atoms with van der Waals surface area (Å²) in [6.07, 6.45) is 1.000. The molecule has 2 rings (SSSR count). The van der Waals surface area contributed by atoms with Gasteiger partial charge in [0.15, 0.2) is 0 Å². The zero-order valence-electron chi connectivity index (χ0n) is 9.88. The van der Waals surface area contributed by atoms with Crippen LogP contribution in [0.5, 0.6) is 5.75 Å². The highest BCUT2D eigenvalue weighted by Gasteiger charge is 2.53. The fourth-order valence-corrected chi connectivity index (χ4v) is 2.81. The lowest BCUT2D eigenvalue weighted by atomic mass is 9.92. The van der Waals surface area contributed by atoms with Crippen molar-refractivity contribution in [3.63, 3.8) is 0 Å². The Balaban J connectivity index is 2.55. The molecule has 0 radical (unpaired) electrons. The van der Waals surface area contributed by atoms with Crippen LogP contribution in [-0.4, -0.2) is 18.8 Å². The first-order chi connectivity index (χ1) is 7.55. The highest BCUT2D eigenvalue weighted by Crippen LogP contribution is 2.56. The van der Waals surface area contributed by atoms with E-state index in [1.165, 1.54) is 0 Å². The minimum absolute atomic E-state index is 0.138. The third-order valence-electron chi connectivity index (χ3n) is 3.72. The van der Waals surface area contributed by atoms with E-state index in [1.54, 1.807) is 7.11 Å². The molecule has 2 atom stereocenters. The molecule has 88 valence electrons. The lowest BCUT2D eigenvalue weighted by Crippen LogP contribution is -2.16. The molecule has 0 aliphatic heterocycles. The molecule has 1 N–H and O–H groups in total. The molecule has 16 heavy (non-hydrogen) atoms. The summed E-state index contributed by atoms with van der Waals surface area (Å²) in [6.45, 7) is 4.28. The van der Waals surface area contributed by atoms with Crippen LogP contribution in [0.4, 0.5) is 0 Å². The molecule has 0 spiro atoms. The number of rotatable bonds is 3. The van der Waals surface area contributed by atoms with Crippen molar-refractivity contribution in [1.82, 2.24) is 0 Å². The van der Waals surface area contributed by atoms with Gasteiger partial charge in [-0.25, -0.2) is 0 Å². The monoisotopic (exact) mass is 240 g/mol. The third-order valence-corrected chi connectivity index (χ3v) is 3.93. The van der Waals surface area contributed by atoms with Crippen LogP contribution in [0.25, 0.3) is 0 Å². The van der Waals surface area contributed by atoms with E-state index < -0.39 is 0 Å². The van der Waals surface area contributed by atoms with E-state index in [0.717, 1.165) is 23.3 Å². The number of methoxy groups -OCH3 is 1. The van der Waals surface area contributed by atoms with Crippen LogP contribution >= 0.6 is 11.6 Å². The Morgan fingerprint density at radius 1 is 1.56 bits per heavy atom. The van der Waals surface area contributed by atoms with Gasteiger partial charge in [0.1, 0.15) is 5.75 Å². The molecule has 0 bridgehead atoms. The summed E-state index contributed by atoms with van der Waals surface area (Å²) in [5, 5.41) is 10.3. The van der Waals surface area contributed by atoms with E-state index in [1.807, 2.05) is 19.1 Å². The van der Waals surface area contributed by atoms with Gasteiger partial charge < -0.3 is 9.84 Å². The first kappa shape index (κ1) is 11.7. The van der Waals surface area contributed by atoms with Crippen LogP contribution < -0.4 is 4.74 Å². The predicted octanol–water partition coefficient (Wildman–Crippen LogP) is 2.93. The fraction of sp³-hybridized carbons (Fsp3) is 0.538. The van der Waals surface area contributed by atoms with Crippen LogP contribution in [-0.2, 0) is 5.41 Å². The quantitative estimate of drug-likeness (QED) is 0.880. The molecular formula is C13H17ClO2. The van der Waals surface area contributed by atoms with E-state index in [9.17, 15) is 5.11 Å². The summed E-state index contributed by atoms with van der Waals surface area (Å²) in [5.41, 5.74) is 1.94. The summed E-state index contributed by atoms with van der Waals surface area (Å²) in [6, 6.07) is 3.81. The molecule has 1 aromatic rings. The molecule has 1 aromatic carbocycles. The SMILES string of the molecule is COc1c(C)cc(Cl)cc1C1(CO)CC1C. The minimum atomic E-state index is -0.138. The van der Waals surface area contributed by atoms with E-state index in [2.05, 4.69) is 6.92 Å². The lowest BCUT2D eigenvalue weighted by molar-refractivity contribution is 0.243. The number of aliphatic hydroxyl groups excluding tert-OH is 1. The van der Waals surface area contributed by atoms with Crippen molar-refractivity contribution in [2.75, 3.05) is 13.7 Å². The molecule has 0 heterocycles. The Bertz CT molecular complexity index is 413. The van der Waals surface area contributed by atoms with Crippen molar-refractivity contribution in [1.29, 1.82) is 0 Å². The maximum absolute atomic E-state index is 9.58. The molecule has 1 aliphatic carbocycles. The van der Waals surface area contributed by atoms with Gasteiger partial charge in [-0.3, -0.25) is 0 Å². The second kappa shape index (κ2) is 3.94. The first-order valence-corrected chi connectivity index (χ1v) is 5.88. The van der Waals surface area contributed by atoms with E-state index in [-0.39, 0.29) is 12.0 Å². The van der Waals surface area contributed by atoms with Gasteiger partial charge >= 0.3 is 0 Å². The summed E-state index contributed by atoms with van der Waals surface area (Å²) < 4.78 is 5.44. The van der Waals surface area contributed by atoms with E-state index in [0.29, 0.717) is 10.9 Å². The maximum Gasteiger partial charge on any atom is 0.125 e. The smallest absolute Gasteiger partial charge is 0.125 e. The van der Waals surface area contributed by atoms with Crippen LogP contribution in [0.15, 0.2) is 12.1 Å². The van der Waals surface area contributed by atoms with E-state index >= 15 is 0 Å². The molecular weight excluding hydrogens is 224 g/mol. The first-order valence-electron chi connectivity index (χ1n) is 5.50. The van der Waals surface area contributed by atoms with Crippen LogP contribution in [0.1, 0.15) is 24.5 Å². The van der Waals surface area contributed by atoms with Crippen LogP contribution in [0.2, 0.25) is 5.02 Å². The minimum Gasteiger partial charge on any atom is -0.496 e. The van der Waals surface area contributed by atoms with Gasteiger partial charge in [0.2, 0.25) is 0 Å². The van der Waals surface area contributed by atoms with Gasteiger partial charge in [-0.15, -0.1) is 0 Å². The fourth-order valence-electron chi connectivity index (χ4n) is 2.54. The molecule has 1 aliphatic rings. The molecule has 0 amide bonds. The Kier molecular flexibility index (Phi) is 2.89. The van der Waals surface area contributed by atoms with Gasteiger partial charge in [-0.05, 0) is 37.0 Å². The molecule has 1 saturated carbocycles. The molecule has 1 fully saturated rings. The molecule has 0 aromatic heterocycles. The normalized spacial score (nSPS) is 27.9. The zero-order chi connectivity index (χ0) is 11.9. The van der Waals surface area contributed by atoms with Gasteiger partial charge in [-0.1, -0.05) is 18.5 Å². The Morgan fingerprint density at radius 2 is 2.19 bits per heavy atom. The number of hydrogen-bond acceptors (Lipinski definition) is 2. The van der Waals surface area contributed by atoms with Crippen molar-refractivity contribution >= 4 is 11.6 Å². The summed E-state index contributed by atoms with van der Waals surface area (Å²) >= 11 is 6.08. The number of ether oxygens (including phenoxy) is 1. The second-order valence-corrected chi connectivity index (χ2v) is 5.16. The lowest BCUT2D eigenvalue weighted by Gasteiger charge is -2.19. The predicted molar refractivity (Wildman–Crippen MR) is 65.3 cm³/mol. The number of halogens is 1. The maximum atomic E-state index is 9.58. The molecule has 2 unspecified atom stereocenters. The van der Waals surface area contributed by atoms with Gasteiger partial charge in [-0.2, -0.15) is 0 Å². The van der Waals surface area contributed by atoms with Gasteiger partial charge in [0, 0.05) is 16.0 Å². The standard InChI is InChI=1S/C13H17ClO2/c1-8-4-10(14)5-11(12(8)16-3)13(7-15)6-9(13)2/h4-5,9,15H,6-7H2,1-3H3. The van der Waals surface area contributed by atoms with Crippen LogP contribution in [0.3, 0.4) is 0 Å². The van der Waals surface area contributed by atoms with Crippen molar-refractivity contribution in [3.05, 3.63) is 28.3 Å². The van der Waals surface area contributed by atoms with Crippen molar-refractivity contribution in [2.24, 2.45) is 5.92 Å². The molecule has 0 saturated heterocycles. The molecule has 2 nitrogen and oxygen atoms in total. The summed E-state index contributed by atoms with van der Waals surface area (Å²) in [7, 11) is 1.66. The average Bonchev–Trinajstić information content (AvgIpc) is 2.89. The summed E-state index contributed by atoms with van der Waals surface area (Å²) in [4.78, 5) is 0.